The fourth-order valence-electron chi connectivity index (χ4n) is 2.49. The van der Waals surface area contributed by atoms with Gasteiger partial charge in [0.15, 0.2) is 6.17 Å². The number of fused-ring (bicyclic) bond motifs is 1. The molecule has 0 spiro atoms. The molecule has 4 heteroatoms. The first-order chi connectivity index (χ1) is 8.76. The van der Waals surface area contributed by atoms with Crippen molar-refractivity contribution in [3.8, 4) is 11.8 Å². The molecule has 0 N–H and O–H groups in total. The average Bonchev–Trinajstić information content (AvgIpc) is 2.70. The highest BCUT2D eigenvalue weighted by molar-refractivity contribution is 5.80. The van der Waals surface area contributed by atoms with Gasteiger partial charge in [-0.3, -0.25) is 0 Å². The van der Waals surface area contributed by atoms with Gasteiger partial charge < -0.3 is 14.5 Å². The minimum Gasteiger partial charge on any atom is -0.494 e. The zero-order chi connectivity index (χ0) is 13.1. The first kappa shape index (κ1) is 12.6. The summed E-state index contributed by atoms with van der Waals surface area (Å²) < 4.78 is 5.53. The minimum atomic E-state index is -0.202. The average molecular weight is 245 g/mol. The molecule has 0 aliphatic carbocycles. The van der Waals surface area contributed by atoms with Gasteiger partial charge in [-0.05, 0) is 32.9 Å². The third kappa shape index (κ3) is 1.86. The Balaban J connectivity index is 2.44. The van der Waals surface area contributed by atoms with Gasteiger partial charge in [-0.25, -0.2) is 0 Å². The predicted molar refractivity (Wildman–Crippen MR) is 73.1 cm³/mol. The number of benzene rings is 1. The van der Waals surface area contributed by atoms with E-state index in [1.165, 1.54) is 0 Å². The second-order valence-electron chi connectivity index (χ2n) is 4.16. The maximum absolute atomic E-state index is 9.35. The molecule has 1 unspecified atom stereocenters. The molecule has 1 heterocycles. The summed E-state index contributed by atoms with van der Waals surface area (Å²) in [6.45, 7) is 8.42. The summed E-state index contributed by atoms with van der Waals surface area (Å²) >= 11 is 0. The monoisotopic (exact) mass is 245 g/mol. The molecule has 96 valence electrons. The fourth-order valence-corrected chi connectivity index (χ4v) is 2.49. The van der Waals surface area contributed by atoms with Crippen molar-refractivity contribution in [1.29, 1.82) is 5.26 Å². The van der Waals surface area contributed by atoms with Crippen molar-refractivity contribution in [3.05, 3.63) is 18.2 Å². The van der Waals surface area contributed by atoms with E-state index in [4.69, 9.17) is 4.74 Å². The molecule has 1 aromatic rings. The van der Waals surface area contributed by atoms with E-state index in [0.29, 0.717) is 6.61 Å². The first-order valence-corrected chi connectivity index (χ1v) is 6.46. The number of hydrogen-bond acceptors (Lipinski definition) is 4. The lowest BCUT2D eigenvalue weighted by Crippen LogP contribution is -2.41. The molecular formula is C14H19N3O. The number of hydrogen-bond donors (Lipinski definition) is 0. The van der Waals surface area contributed by atoms with Gasteiger partial charge in [0.05, 0.1) is 18.0 Å². The van der Waals surface area contributed by atoms with Crippen LogP contribution in [0.3, 0.4) is 0 Å². The zero-order valence-electron chi connectivity index (χ0n) is 11.2. The summed E-state index contributed by atoms with van der Waals surface area (Å²) in [5.74, 6) is 0.865. The molecular weight excluding hydrogens is 226 g/mol. The summed E-state index contributed by atoms with van der Waals surface area (Å²) in [7, 11) is 0. The van der Waals surface area contributed by atoms with Gasteiger partial charge in [0, 0.05) is 19.2 Å². The maximum atomic E-state index is 9.35. The van der Waals surface area contributed by atoms with E-state index in [2.05, 4.69) is 29.7 Å². The minimum absolute atomic E-state index is 0.202. The normalized spacial score (nSPS) is 17.6. The van der Waals surface area contributed by atoms with Crippen LogP contribution in [0.1, 0.15) is 20.8 Å². The van der Waals surface area contributed by atoms with Crippen molar-refractivity contribution in [2.45, 2.75) is 26.9 Å². The molecule has 0 aromatic heterocycles. The Morgan fingerprint density at radius 1 is 1.17 bits per heavy atom. The zero-order valence-corrected chi connectivity index (χ0v) is 11.2. The lowest BCUT2D eigenvalue weighted by molar-refractivity contribution is 0.340. The number of rotatable bonds is 4. The highest BCUT2D eigenvalue weighted by Gasteiger charge is 2.34. The van der Waals surface area contributed by atoms with Crippen LogP contribution < -0.4 is 14.5 Å². The third-order valence-electron chi connectivity index (χ3n) is 3.26. The standard InChI is InChI=1S/C14H19N3O/c1-4-16-12-8-7-11(18-6-3)9-13(12)17(5-2)14(16)10-15/h7-9,14H,4-6H2,1-3H3. The van der Waals surface area contributed by atoms with Crippen LogP contribution in [0.15, 0.2) is 18.2 Å². The van der Waals surface area contributed by atoms with Crippen LogP contribution >= 0.6 is 0 Å². The highest BCUT2D eigenvalue weighted by atomic mass is 16.5. The van der Waals surface area contributed by atoms with Gasteiger partial charge in [-0.2, -0.15) is 5.26 Å². The summed E-state index contributed by atoms with van der Waals surface area (Å²) in [5.41, 5.74) is 2.21. The molecule has 0 saturated carbocycles. The molecule has 1 aliphatic heterocycles. The second-order valence-corrected chi connectivity index (χ2v) is 4.16. The van der Waals surface area contributed by atoms with Crippen LogP contribution in [0.2, 0.25) is 0 Å². The summed E-state index contributed by atoms with van der Waals surface area (Å²) in [4.78, 5) is 4.23. The molecule has 1 aliphatic rings. The molecule has 4 nitrogen and oxygen atoms in total. The third-order valence-corrected chi connectivity index (χ3v) is 3.26. The van der Waals surface area contributed by atoms with Crippen LogP contribution in [0, 0.1) is 11.3 Å². The van der Waals surface area contributed by atoms with Crippen LogP contribution in [0.5, 0.6) is 5.75 Å². The molecule has 0 saturated heterocycles. The molecule has 0 fully saturated rings. The molecule has 0 bridgehead atoms. The fraction of sp³-hybridized carbons (Fsp3) is 0.500. The lowest BCUT2D eigenvalue weighted by Gasteiger charge is -2.25. The van der Waals surface area contributed by atoms with Crippen molar-refractivity contribution in [1.82, 2.24) is 0 Å². The highest BCUT2D eigenvalue weighted by Crippen LogP contribution is 2.41. The Labute approximate surface area is 108 Å². The van der Waals surface area contributed by atoms with Gasteiger partial charge in [0.1, 0.15) is 11.8 Å². The smallest absolute Gasteiger partial charge is 0.192 e. The Bertz CT molecular complexity index is 467. The van der Waals surface area contributed by atoms with Gasteiger partial charge in [-0.1, -0.05) is 0 Å². The largest absolute Gasteiger partial charge is 0.494 e. The quantitative estimate of drug-likeness (QED) is 0.817. The van der Waals surface area contributed by atoms with Crippen molar-refractivity contribution >= 4 is 11.4 Å². The molecule has 1 atom stereocenters. The van der Waals surface area contributed by atoms with E-state index < -0.39 is 0 Å². The van der Waals surface area contributed by atoms with Crippen molar-refractivity contribution < 1.29 is 4.74 Å². The second kappa shape index (κ2) is 5.18. The van der Waals surface area contributed by atoms with E-state index in [1.54, 1.807) is 0 Å². The Morgan fingerprint density at radius 2 is 1.83 bits per heavy atom. The van der Waals surface area contributed by atoms with Crippen LogP contribution in [-0.4, -0.2) is 25.9 Å². The summed E-state index contributed by atoms with van der Waals surface area (Å²) in [6, 6.07) is 8.42. The number of nitriles is 1. The summed E-state index contributed by atoms with van der Waals surface area (Å²) in [5, 5.41) is 9.35. The first-order valence-electron chi connectivity index (χ1n) is 6.46. The molecule has 0 amide bonds. The number of nitrogens with zero attached hydrogens (tertiary/aromatic N) is 3. The SMILES string of the molecule is CCOc1ccc2c(c1)N(CC)C(C#N)N2CC. The van der Waals surface area contributed by atoms with Crippen molar-refractivity contribution in [2.75, 3.05) is 29.5 Å². The summed E-state index contributed by atoms with van der Waals surface area (Å²) in [6.07, 6.45) is -0.202. The Hall–Kier alpha value is -1.89. The Morgan fingerprint density at radius 3 is 2.39 bits per heavy atom. The van der Waals surface area contributed by atoms with E-state index in [0.717, 1.165) is 30.2 Å². The van der Waals surface area contributed by atoms with E-state index in [9.17, 15) is 5.26 Å². The van der Waals surface area contributed by atoms with E-state index in [1.807, 2.05) is 25.1 Å². The van der Waals surface area contributed by atoms with Crippen molar-refractivity contribution in [2.24, 2.45) is 0 Å². The van der Waals surface area contributed by atoms with Gasteiger partial charge in [-0.15, -0.1) is 0 Å². The van der Waals surface area contributed by atoms with Gasteiger partial charge in [0.25, 0.3) is 0 Å². The van der Waals surface area contributed by atoms with Gasteiger partial charge in [0.2, 0.25) is 0 Å². The Kier molecular flexibility index (Phi) is 3.61. The molecule has 2 rings (SSSR count). The van der Waals surface area contributed by atoms with Crippen LogP contribution in [-0.2, 0) is 0 Å². The molecule has 0 radical (unpaired) electrons. The predicted octanol–water partition coefficient (Wildman–Crippen LogP) is 2.60. The lowest BCUT2D eigenvalue weighted by atomic mass is 10.2. The van der Waals surface area contributed by atoms with Crippen LogP contribution in [0.25, 0.3) is 0 Å². The van der Waals surface area contributed by atoms with Crippen LogP contribution in [0.4, 0.5) is 11.4 Å². The number of ether oxygens (including phenoxy) is 1. The topological polar surface area (TPSA) is 39.5 Å². The van der Waals surface area contributed by atoms with Crippen molar-refractivity contribution in [3.63, 3.8) is 0 Å². The van der Waals surface area contributed by atoms with E-state index in [-0.39, 0.29) is 6.17 Å². The maximum Gasteiger partial charge on any atom is 0.192 e. The molecule has 1 aromatic carbocycles. The van der Waals surface area contributed by atoms with E-state index >= 15 is 0 Å². The number of anilines is 2. The molecule has 18 heavy (non-hydrogen) atoms. The van der Waals surface area contributed by atoms with Gasteiger partial charge >= 0.3 is 0 Å².